The molecule has 0 radical (unpaired) electrons. The van der Waals surface area contributed by atoms with Crippen molar-refractivity contribution in [3.63, 3.8) is 0 Å². The summed E-state index contributed by atoms with van der Waals surface area (Å²) in [6.45, 7) is 3.18. The monoisotopic (exact) mass is 442 g/mol. The van der Waals surface area contributed by atoms with Crippen LogP contribution in [0.15, 0.2) is 41.7 Å². The largest absolute Gasteiger partial charge is 0.484 e. The van der Waals surface area contributed by atoms with E-state index in [1.54, 1.807) is 13.0 Å². The zero-order chi connectivity index (χ0) is 22.1. The summed E-state index contributed by atoms with van der Waals surface area (Å²) in [5.74, 6) is 0.0958. The minimum atomic E-state index is -4.42. The molecule has 0 spiro atoms. The third-order valence-corrected chi connectivity index (χ3v) is 5.22. The number of rotatable bonds is 7. The van der Waals surface area contributed by atoms with Crippen LogP contribution in [0.25, 0.3) is 11.0 Å². The van der Waals surface area contributed by atoms with Gasteiger partial charge in [0, 0.05) is 11.8 Å². The lowest BCUT2D eigenvalue weighted by Crippen LogP contribution is -2.19. The average molecular weight is 443 g/mol. The molecule has 3 aromatic rings. The maximum Gasteiger partial charge on any atom is 0.422 e. The summed E-state index contributed by atoms with van der Waals surface area (Å²) in [7, 11) is -1.51. The van der Waals surface area contributed by atoms with Crippen LogP contribution in [0.5, 0.6) is 5.75 Å². The molecular formula is C20H25F3N4O2S. The first-order valence-corrected chi connectivity index (χ1v) is 10.7. The minimum Gasteiger partial charge on any atom is -0.484 e. The molecule has 0 aliphatic rings. The van der Waals surface area contributed by atoms with E-state index < -0.39 is 23.6 Å². The number of nitrogens with zero attached hydrogens (tertiary/aromatic N) is 2. The number of aromatic amines is 1. The predicted molar refractivity (Wildman–Crippen MR) is 111 cm³/mol. The van der Waals surface area contributed by atoms with E-state index in [2.05, 4.69) is 21.9 Å². The van der Waals surface area contributed by atoms with Gasteiger partial charge in [-0.15, -0.1) is 0 Å². The van der Waals surface area contributed by atoms with Crippen LogP contribution in [0.3, 0.4) is 0 Å². The number of ether oxygens (including phenoxy) is 1. The van der Waals surface area contributed by atoms with Gasteiger partial charge in [0.2, 0.25) is 0 Å². The van der Waals surface area contributed by atoms with Crippen molar-refractivity contribution in [1.82, 2.24) is 15.0 Å². The van der Waals surface area contributed by atoms with Crippen LogP contribution in [-0.2, 0) is 16.6 Å². The summed E-state index contributed by atoms with van der Waals surface area (Å²) in [4.78, 5) is 11.3. The van der Waals surface area contributed by atoms with E-state index in [0.29, 0.717) is 21.9 Å². The first-order valence-electron chi connectivity index (χ1n) is 9.42. The number of nitrogens with two attached hydrogens (primary N) is 1. The first-order chi connectivity index (χ1) is 14.2. The first kappa shape index (κ1) is 23.8. The van der Waals surface area contributed by atoms with E-state index >= 15 is 0 Å². The molecule has 0 aliphatic carbocycles. The zero-order valence-corrected chi connectivity index (χ0v) is 17.6. The standard InChI is InChI=1S/C16H14F3N3O2S.C4H11N/c1-10-13(20-7-6-14(10)24-9-16(17,18)19)8-25(23)15-21-11-4-2-3-5-12(11)22-15;1-2-3-4-5/h2-7H,8-9H2,1H3,(H,21,22);2-5H2,1H3. The van der Waals surface area contributed by atoms with Crippen molar-refractivity contribution in [2.24, 2.45) is 5.73 Å². The number of pyridine rings is 1. The highest BCUT2D eigenvalue weighted by Gasteiger charge is 2.29. The van der Waals surface area contributed by atoms with Gasteiger partial charge in [-0.2, -0.15) is 13.2 Å². The van der Waals surface area contributed by atoms with E-state index in [1.165, 1.54) is 25.1 Å². The van der Waals surface area contributed by atoms with Crippen LogP contribution >= 0.6 is 0 Å². The minimum absolute atomic E-state index is 0.0227. The molecular weight excluding hydrogens is 417 g/mol. The molecule has 2 aromatic heterocycles. The fourth-order valence-corrected chi connectivity index (χ4v) is 3.55. The van der Waals surface area contributed by atoms with Gasteiger partial charge in [0.05, 0.1) is 33.3 Å². The van der Waals surface area contributed by atoms with Crippen LogP contribution in [0.4, 0.5) is 13.2 Å². The maximum atomic E-state index is 12.5. The molecule has 0 bridgehead atoms. The molecule has 2 heterocycles. The lowest BCUT2D eigenvalue weighted by Gasteiger charge is -2.13. The highest BCUT2D eigenvalue weighted by molar-refractivity contribution is 7.84. The number of alkyl halides is 3. The second-order valence-electron chi connectivity index (χ2n) is 6.48. The third kappa shape index (κ3) is 7.10. The fourth-order valence-electron chi connectivity index (χ4n) is 2.45. The molecule has 0 aliphatic heterocycles. The Morgan fingerprint density at radius 3 is 2.57 bits per heavy atom. The van der Waals surface area contributed by atoms with Crippen LogP contribution in [0.1, 0.15) is 31.0 Å². The van der Waals surface area contributed by atoms with Gasteiger partial charge in [0.25, 0.3) is 0 Å². The summed E-state index contributed by atoms with van der Waals surface area (Å²) in [5.41, 5.74) is 7.42. The van der Waals surface area contributed by atoms with Gasteiger partial charge in [-0.25, -0.2) is 4.98 Å². The summed E-state index contributed by atoms with van der Waals surface area (Å²) in [6.07, 6.45) is -0.701. The number of imidazole rings is 1. The molecule has 1 aromatic carbocycles. The van der Waals surface area contributed by atoms with Crippen LogP contribution in [0, 0.1) is 6.92 Å². The number of fused-ring (bicyclic) bond motifs is 1. The molecule has 3 N–H and O–H groups in total. The van der Waals surface area contributed by atoms with Crippen molar-refractivity contribution in [3.05, 3.63) is 47.8 Å². The lowest BCUT2D eigenvalue weighted by molar-refractivity contribution is -0.153. The zero-order valence-electron chi connectivity index (χ0n) is 16.8. The SMILES string of the molecule is CCCCN.Cc1c(OCC(F)(F)F)ccnc1CS(=O)c1nc2ccccc2[nH]1. The number of hydrogen-bond acceptors (Lipinski definition) is 5. The summed E-state index contributed by atoms with van der Waals surface area (Å²) >= 11 is 0. The molecule has 1 atom stereocenters. The number of halogens is 3. The number of nitrogens with one attached hydrogen (secondary N) is 1. The number of unbranched alkanes of at least 4 members (excludes halogenated alkanes) is 1. The van der Waals surface area contributed by atoms with E-state index in [1.807, 2.05) is 18.2 Å². The summed E-state index contributed by atoms with van der Waals surface area (Å²) in [5, 5.41) is 0.295. The van der Waals surface area contributed by atoms with E-state index in [4.69, 9.17) is 10.5 Å². The molecule has 1 unspecified atom stereocenters. The van der Waals surface area contributed by atoms with Crippen molar-refractivity contribution in [2.45, 2.75) is 43.8 Å². The molecule has 6 nitrogen and oxygen atoms in total. The van der Waals surface area contributed by atoms with Crippen LogP contribution in [0.2, 0.25) is 0 Å². The molecule has 0 fully saturated rings. The molecule has 3 rings (SSSR count). The Labute approximate surface area is 175 Å². The molecule has 0 saturated carbocycles. The number of H-pyrrole nitrogens is 1. The Bertz CT molecular complexity index is 941. The lowest BCUT2D eigenvalue weighted by atomic mass is 10.2. The second kappa shape index (κ2) is 11.1. The van der Waals surface area contributed by atoms with Crippen molar-refractivity contribution in [3.8, 4) is 5.75 Å². The number of hydrogen-bond donors (Lipinski definition) is 2. The Balaban J connectivity index is 0.000000575. The Morgan fingerprint density at radius 1 is 1.23 bits per heavy atom. The van der Waals surface area contributed by atoms with Gasteiger partial charge in [-0.3, -0.25) is 9.19 Å². The topological polar surface area (TPSA) is 93.9 Å². The Morgan fingerprint density at radius 2 is 1.97 bits per heavy atom. The van der Waals surface area contributed by atoms with Crippen LogP contribution in [-0.4, -0.2) is 38.5 Å². The van der Waals surface area contributed by atoms with Crippen molar-refractivity contribution in [1.29, 1.82) is 0 Å². The van der Waals surface area contributed by atoms with E-state index in [-0.39, 0.29) is 11.5 Å². The van der Waals surface area contributed by atoms with Crippen molar-refractivity contribution in [2.75, 3.05) is 13.2 Å². The van der Waals surface area contributed by atoms with Crippen LogP contribution < -0.4 is 10.5 Å². The smallest absolute Gasteiger partial charge is 0.422 e. The highest BCUT2D eigenvalue weighted by atomic mass is 32.2. The molecule has 164 valence electrons. The van der Waals surface area contributed by atoms with Gasteiger partial charge in [-0.1, -0.05) is 25.5 Å². The highest BCUT2D eigenvalue weighted by Crippen LogP contribution is 2.24. The molecule has 0 saturated heterocycles. The number of aromatic nitrogens is 3. The molecule has 30 heavy (non-hydrogen) atoms. The third-order valence-electron chi connectivity index (χ3n) is 4.06. The average Bonchev–Trinajstić information content (AvgIpc) is 3.13. The van der Waals surface area contributed by atoms with Gasteiger partial charge in [0.1, 0.15) is 5.75 Å². The number of para-hydroxylation sites is 2. The van der Waals surface area contributed by atoms with Gasteiger partial charge >= 0.3 is 6.18 Å². The normalized spacial score (nSPS) is 12.3. The van der Waals surface area contributed by atoms with E-state index in [0.717, 1.165) is 12.1 Å². The van der Waals surface area contributed by atoms with Gasteiger partial charge < -0.3 is 15.5 Å². The van der Waals surface area contributed by atoms with Gasteiger partial charge in [0.15, 0.2) is 11.8 Å². The molecule has 10 heteroatoms. The van der Waals surface area contributed by atoms with Crippen molar-refractivity contribution >= 4 is 21.8 Å². The summed E-state index contributed by atoms with van der Waals surface area (Å²) < 4.78 is 54.2. The second-order valence-corrected chi connectivity index (χ2v) is 7.84. The Kier molecular flexibility index (Phi) is 8.79. The summed E-state index contributed by atoms with van der Waals surface area (Å²) in [6, 6.07) is 8.62. The quantitative estimate of drug-likeness (QED) is 0.570. The number of benzene rings is 1. The van der Waals surface area contributed by atoms with Crippen molar-refractivity contribution < 1.29 is 22.1 Å². The van der Waals surface area contributed by atoms with E-state index in [9.17, 15) is 17.4 Å². The molecule has 0 amide bonds. The predicted octanol–water partition coefficient (Wildman–Crippen LogP) is 4.26. The Hall–Kier alpha value is -2.46. The fraction of sp³-hybridized carbons (Fsp3) is 0.400. The van der Waals surface area contributed by atoms with Gasteiger partial charge in [-0.05, 0) is 38.1 Å². The maximum absolute atomic E-state index is 12.5.